The van der Waals surface area contributed by atoms with Gasteiger partial charge in [-0.25, -0.2) is 8.42 Å². The van der Waals surface area contributed by atoms with E-state index in [1.807, 2.05) is 0 Å². The van der Waals surface area contributed by atoms with Gasteiger partial charge in [0, 0.05) is 19.2 Å². The number of nitrogens with zero attached hydrogens (tertiary/aromatic N) is 1. The first-order valence-corrected chi connectivity index (χ1v) is 9.80. The molecule has 1 aromatic carbocycles. The van der Waals surface area contributed by atoms with Crippen molar-refractivity contribution in [2.24, 2.45) is 5.92 Å². The van der Waals surface area contributed by atoms with E-state index in [0.29, 0.717) is 12.1 Å². The molecule has 1 fully saturated rings. The number of carbonyl (C=O) groups excluding carboxylic acids is 1. The Bertz CT molecular complexity index is 654. The van der Waals surface area contributed by atoms with Crippen molar-refractivity contribution in [1.29, 1.82) is 0 Å². The van der Waals surface area contributed by atoms with Crippen LogP contribution in [0.1, 0.15) is 48.9 Å². The summed E-state index contributed by atoms with van der Waals surface area (Å²) in [6.07, 6.45) is 7.37. The fraction of sp³-hybridized carbons (Fsp3) is 0.588. The maximum absolute atomic E-state index is 12.2. The molecule has 0 radical (unpaired) electrons. The molecule has 0 unspecified atom stereocenters. The number of rotatable bonds is 8. The minimum absolute atomic E-state index is 0.0328. The summed E-state index contributed by atoms with van der Waals surface area (Å²) in [5.41, 5.74) is 0.335. The molecule has 0 bridgehead atoms. The van der Waals surface area contributed by atoms with Crippen LogP contribution in [-0.4, -0.2) is 39.5 Å². The topological polar surface area (TPSA) is 75.7 Å². The highest BCUT2D eigenvalue weighted by Gasteiger charge is 2.22. The van der Waals surface area contributed by atoms with Gasteiger partial charge in [-0.3, -0.25) is 9.63 Å². The molecule has 0 spiro atoms. The van der Waals surface area contributed by atoms with Gasteiger partial charge < -0.3 is 5.32 Å². The van der Waals surface area contributed by atoms with Crippen LogP contribution in [0.3, 0.4) is 0 Å². The van der Waals surface area contributed by atoms with Crippen LogP contribution in [0.4, 0.5) is 0 Å². The van der Waals surface area contributed by atoms with Gasteiger partial charge in [0.2, 0.25) is 0 Å². The zero-order chi connectivity index (χ0) is 17.6. The van der Waals surface area contributed by atoms with Crippen LogP contribution < -0.4 is 5.32 Å². The highest BCUT2D eigenvalue weighted by molar-refractivity contribution is 7.89. The minimum Gasteiger partial charge on any atom is -0.352 e. The molecule has 1 N–H and O–H groups in total. The second-order valence-electron chi connectivity index (χ2n) is 6.17. The minimum atomic E-state index is -3.75. The highest BCUT2D eigenvalue weighted by Crippen LogP contribution is 2.28. The number of carbonyl (C=O) groups is 1. The summed E-state index contributed by atoms with van der Waals surface area (Å²) >= 11 is 0. The zero-order valence-electron chi connectivity index (χ0n) is 14.3. The predicted molar refractivity (Wildman–Crippen MR) is 91.9 cm³/mol. The lowest BCUT2D eigenvalue weighted by Gasteiger charge is -2.14. The monoisotopic (exact) mass is 354 g/mol. The Labute approximate surface area is 144 Å². The van der Waals surface area contributed by atoms with Crippen molar-refractivity contribution < 1.29 is 18.0 Å². The number of sulfonamides is 1. The number of hydrogen-bond acceptors (Lipinski definition) is 4. The number of hydrogen-bond donors (Lipinski definition) is 1. The van der Waals surface area contributed by atoms with E-state index in [-0.39, 0.29) is 10.8 Å². The zero-order valence-corrected chi connectivity index (χ0v) is 15.1. The summed E-state index contributed by atoms with van der Waals surface area (Å²) in [5.74, 6) is 0.554. The maximum atomic E-state index is 12.2. The molecule has 24 heavy (non-hydrogen) atoms. The summed E-state index contributed by atoms with van der Waals surface area (Å²) in [5, 5.41) is 2.87. The molecule has 0 atom stereocenters. The van der Waals surface area contributed by atoms with Crippen LogP contribution in [0.2, 0.25) is 0 Å². The quantitative estimate of drug-likeness (QED) is 0.575. The van der Waals surface area contributed by atoms with Crippen molar-refractivity contribution in [3.05, 3.63) is 29.8 Å². The molecule has 0 heterocycles. The van der Waals surface area contributed by atoms with Crippen molar-refractivity contribution in [2.75, 3.05) is 20.7 Å². The van der Waals surface area contributed by atoms with Gasteiger partial charge in [0.05, 0.1) is 12.0 Å². The first-order chi connectivity index (χ1) is 11.4. The molecular weight excluding hydrogens is 328 g/mol. The fourth-order valence-electron chi connectivity index (χ4n) is 3.04. The summed E-state index contributed by atoms with van der Waals surface area (Å²) in [6.45, 7) is 0.615. The molecule has 1 aliphatic carbocycles. The Morgan fingerprint density at radius 2 is 2.04 bits per heavy atom. The van der Waals surface area contributed by atoms with Gasteiger partial charge in [-0.15, -0.1) is 0 Å². The second kappa shape index (κ2) is 8.60. The van der Waals surface area contributed by atoms with Crippen molar-refractivity contribution in [3.63, 3.8) is 0 Å². The highest BCUT2D eigenvalue weighted by atomic mass is 32.2. The SMILES string of the molecule is CON(C)S(=O)(=O)c1cccc(C(=O)NCCCC2CCCC2)c1. The Balaban J connectivity index is 1.91. The van der Waals surface area contributed by atoms with E-state index in [1.54, 1.807) is 12.1 Å². The van der Waals surface area contributed by atoms with Crippen LogP contribution in [0.15, 0.2) is 29.2 Å². The van der Waals surface area contributed by atoms with Gasteiger partial charge >= 0.3 is 0 Å². The van der Waals surface area contributed by atoms with Crippen LogP contribution >= 0.6 is 0 Å². The van der Waals surface area contributed by atoms with Crippen LogP contribution in [0.5, 0.6) is 0 Å². The Kier molecular flexibility index (Phi) is 6.77. The number of benzene rings is 1. The van der Waals surface area contributed by atoms with E-state index in [0.717, 1.165) is 23.2 Å². The second-order valence-corrected chi connectivity index (χ2v) is 8.11. The van der Waals surface area contributed by atoms with Crippen LogP contribution in [-0.2, 0) is 14.9 Å². The molecule has 0 aliphatic heterocycles. The molecule has 1 aromatic rings. The summed E-state index contributed by atoms with van der Waals surface area (Å²) in [4.78, 5) is 17.0. The van der Waals surface area contributed by atoms with Crippen molar-refractivity contribution >= 4 is 15.9 Å². The molecule has 1 saturated carbocycles. The maximum Gasteiger partial charge on any atom is 0.264 e. The molecule has 2 rings (SSSR count). The molecule has 7 heteroatoms. The van der Waals surface area contributed by atoms with Gasteiger partial charge in [0.1, 0.15) is 0 Å². The first kappa shape index (κ1) is 18.9. The lowest BCUT2D eigenvalue weighted by atomic mass is 10.0. The van der Waals surface area contributed by atoms with Gasteiger partial charge in [-0.05, 0) is 37.0 Å². The number of nitrogens with one attached hydrogen (secondary N) is 1. The lowest BCUT2D eigenvalue weighted by Crippen LogP contribution is -2.27. The van der Waals surface area contributed by atoms with Gasteiger partial charge in [0.15, 0.2) is 0 Å². The summed E-state index contributed by atoms with van der Waals surface area (Å²) < 4.78 is 25.2. The molecule has 1 aliphatic rings. The first-order valence-electron chi connectivity index (χ1n) is 8.36. The smallest absolute Gasteiger partial charge is 0.264 e. The third-order valence-electron chi connectivity index (χ3n) is 4.54. The van der Waals surface area contributed by atoms with Crippen molar-refractivity contribution in [2.45, 2.75) is 43.4 Å². The summed E-state index contributed by atoms with van der Waals surface area (Å²) in [7, 11) is -1.16. The molecule has 0 saturated heterocycles. The van der Waals surface area contributed by atoms with E-state index in [1.165, 1.54) is 52.0 Å². The van der Waals surface area contributed by atoms with Crippen LogP contribution in [0.25, 0.3) is 0 Å². The van der Waals surface area contributed by atoms with Crippen LogP contribution in [0, 0.1) is 5.92 Å². The Morgan fingerprint density at radius 1 is 1.33 bits per heavy atom. The van der Waals surface area contributed by atoms with Crippen molar-refractivity contribution in [1.82, 2.24) is 9.79 Å². The molecule has 0 aromatic heterocycles. The Hall–Kier alpha value is -1.44. The largest absolute Gasteiger partial charge is 0.352 e. The third kappa shape index (κ3) is 4.78. The van der Waals surface area contributed by atoms with Crippen molar-refractivity contribution in [3.8, 4) is 0 Å². The van der Waals surface area contributed by atoms with E-state index in [2.05, 4.69) is 5.32 Å². The van der Waals surface area contributed by atoms with E-state index >= 15 is 0 Å². The standard InChI is InChI=1S/C17H26N2O4S/c1-19(23-2)24(21,22)16-11-5-10-15(13-16)17(20)18-12-6-9-14-7-3-4-8-14/h5,10-11,13-14H,3-4,6-9,12H2,1-2H3,(H,18,20). The van der Waals surface area contributed by atoms with E-state index in [4.69, 9.17) is 4.84 Å². The average Bonchev–Trinajstić information content (AvgIpc) is 3.11. The van der Waals surface area contributed by atoms with E-state index < -0.39 is 10.0 Å². The predicted octanol–water partition coefficient (Wildman–Crippen LogP) is 2.57. The molecule has 1 amide bonds. The molecule has 134 valence electrons. The molecular formula is C17H26N2O4S. The number of hydroxylamine groups is 1. The third-order valence-corrected chi connectivity index (χ3v) is 6.21. The average molecular weight is 354 g/mol. The van der Waals surface area contributed by atoms with Gasteiger partial charge in [0.25, 0.3) is 15.9 Å². The lowest BCUT2D eigenvalue weighted by molar-refractivity contribution is -0.0258. The Morgan fingerprint density at radius 3 is 2.71 bits per heavy atom. The summed E-state index contributed by atoms with van der Waals surface area (Å²) in [6, 6.07) is 5.99. The van der Waals surface area contributed by atoms with E-state index in [9.17, 15) is 13.2 Å². The molecule has 6 nitrogen and oxygen atoms in total. The number of amides is 1. The normalized spacial score (nSPS) is 15.8. The van der Waals surface area contributed by atoms with Gasteiger partial charge in [-0.1, -0.05) is 36.2 Å². The fourth-order valence-corrected chi connectivity index (χ4v) is 4.06. The van der Waals surface area contributed by atoms with Gasteiger partial charge in [-0.2, -0.15) is 0 Å².